The van der Waals surface area contributed by atoms with Crippen LogP contribution in [0.4, 0.5) is 11.4 Å². The molecule has 0 amide bonds. The molecular formula is C14H20N4. The van der Waals surface area contributed by atoms with E-state index in [4.69, 9.17) is 11.0 Å². The maximum Gasteiger partial charge on any atom is 0.101 e. The van der Waals surface area contributed by atoms with Gasteiger partial charge in [-0.15, -0.1) is 0 Å². The molecule has 3 N–H and O–H groups in total. The van der Waals surface area contributed by atoms with Crippen LogP contribution in [0.3, 0.4) is 0 Å². The van der Waals surface area contributed by atoms with Gasteiger partial charge in [0, 0.05) is 12.1 Å². The summed E-state index contributed by atoms with van der Waals surface area (Å²) < 4.78 is 0. The molecule has 1 aliphatic rings. The van der Waals surface area contributed by atoms with Gasteiger partial charge in [0.25, 0.3) is 0 Å². The number of hydrogen-bond donors (Lipinski definition) is 2. The zero-order chi connectivity index (χ0) is 13.2. The van der Waals surface area contributed by atoms with Gasteiger partial charge in [0.15, 0.2) is 0 Å². The number of nitriles is 1. The lowest BCUT2D eigenvalue weighted by molar-refractivity contribution is 0.0739. The van der Waals surface area contributed by atoms with E-state index in [-0.39, 0.29) is 5.54 Å². The van der Waals surface area contributed by atoms with E-state index in [1.165, 1.54) is 19.3 Å². The van der Waals surface area contributed by atoms with E-state index in [0.717, 1.165) is 12.2 Å². The summed E-state index contributed by atoms with van der Waals surface area (Å²) in [6.07, 6.45) is 3.71. The van der Waals surface area contributed by atoms with Gasteiger partial charge in [0.1, 0.15) is 6.07 Å². The summed E-state index contributed by atoms with van der Waals surface area (Å²) in [6, 6.07) is 7.64. The lowest BCUT2D eigenvalue weighted by Crippen LogP contribution is -2.54. The van der Waals surface area contributed by atoms with Crippen LogP contribution in [-0.2, 0) is 0 Å². The van der Waals surface area contributed by atoms with Gasteiger partial charge >= 0.3 is 0 Å². The molecule has 96 valence electrons. The fraction of sp³-hybridized carbons (Fsp3) is 0.500. The standard InChI is InChI=1S/C14H20N4/c1-18(2)14(7-4-8-14)10-17-12-6-3-5-11(9-15)13(12)16/h3,5-6,17H,4,7-8,10,16H2,1-2H3. The lowest BCUT2D eigenvalue weighted by Gasteiger charge is -2.47. The Bertz CT molecular complexity index is 469. The van der Waals surface area contributed by atoms with Crippen molar-refractivity contribution in [1.82, 2.24) is 4.90 Å². The van der Waals surface area contributed by atoms with E-state index in [9.17, 15) is 0 Å². The summed E-state index contributed by atoms with van der Waals surface area (Å²) in [5.74, 6) is 0. The highest BCUT2D eigenvalue weighted by Crippen LogP contribution is 2.36. The van der Waals surface area contributed by atoms with Gasteiger partial charge in [-0.2, -0.15) is 5.26 Å². The molecule has 1 aromatic rings. The summed E-state index contributed by atoms with van der Waals surface area (Å²) in [5.41, 5.74) is 8.15. The van der Waals surface area contributed by atoms with Crippen molar-refractivity contribution in [2.45, 2.75) is 24.8 Å². The van der Waals surface area contributed by atoms with Crippen molar-refractivity contribution in [3.05, 3.63) is 23.8 Å². The minimum absolute atomic E-state index is 0.245. The molecule has 4 nitrogen and oxygen atoms in total. The molecule has 0 unspecified atom stereocenters. The first-order valence-electron chi connectivity index (χ1n) is 6.29. The smallest absolute Gasteiger partial charge is 0.101 e. The van der Waals surface area contributed by atoms with Crippen molar-refractivity contribution in [2.75, 3.05) is 31.7 Å². The maximum atomic E-state index is 8.95. The Balaban J connectivity index is 2.09. The van der Waals surface area contributed by atoms with Crippen molar-refractivity contribution in [3.63, 3.8) is 0 Å². The second kappa shape index (κ2) is 4.87. The molecule has 0 saturated heterocycles. The number of nitrogen functional groups attached to an aromatic ring is 1. The highest BCUT2D eigenvalue weighted by molar-refractivity contribution is 5.72. The number of para-hydroxylation sites is 1. The van der Waals surface area contributed by atoms with E-state index in [0.29, 0.717) is 11.3 Å². The van der Waals surface area contributed by atoms with Crippen LogP contribution in [0.2, 0.25) is 0 Å². The molecule has 1 saturated carbocycles. The second-order valence-corrected chi connectivity index (χ2v) is 5.20. The lowest BCUT2D eigenvalue weighted by atomic mass is 9.75. The topological polar surface area (TPSA) is 65.1 Å². The number of rotatable bonds is 4. The van der Waals surface area contributed by atoms with Gasteiger partial charge in [-0.1, -0.05) is 6.07 Å². The molecule has 0 aliphatic heterocycles. The largest absolute Gasteiger partial charge is 0.396 e. The first-order chi connectivity index (χ1) is 8.59. The number of nitrogens with two attached hydrogens (primary N) is 1. The van der Waals surface area contributed by atoms with Crippen LogP contribution in [0, 0.1) is 11.3 Å². The van der Waals surface area contributed by atoms with Crippen molar-refractivity contribution in [2.24, 2.45) is 0 Å². The number of nitrogens with one attached hydrogen (secondary N) is 1. The molecule has 1 fully saturated rings. The van der Waals surface area contributed by atoms with Crippen LogP contribution in [0.15, 0.2) is 18.2 Å². The zero-order valence-electron chi connectivity index (χ0n) is 11.0. The highest BCUT2D eigenvalue weighted by Gasteiger charge is 2.38. The minimum atomic E-state index is 0.245. The Morgan fingerprint density at radius 1 is 1.44 bits per heavy atom. The molecule has 1 aliphatic carbocycles. The summed E-state index contributed by atoms with van der Waals surface area (Å²) in [4.78, 5) is 2.29. The molecule has 0 bridgehead atoms. The van der Waals surface area contributed by atoms with Crippen LogP contribution >= 0.6 is 0 Å². The monoisotopic (exact) mass is 244 g/mol. The van der Waals surface area contributed by atoms with Crippen LogP contribution in [-0.4, -0.2) is 31.1 Å². The molecule has 0 atom stereocenters. The van der Waals surface area contributed by atoms with Gasteiger partial charge in [-0.25, -0.2) is 0 Å². The maximum absolute atomic E-state index is 8.95. The van der Waals surface area contributed by atoms with E-state index in [1.807, 2.05) is 12.1 Å². The Morgan fingerprint density at radius 2 is 2.17 bits per heavy atom. The van der Waals surface area contributed by atoms with E-state index < -0.39 is 0 Å². The molecule has 0 radical (unpaired) electrons. The molecule has 2 rings (SSSR count). The quantitative estimate of drug-likeness (QED) is 0.795. The SMILES string of the molecule is CN(C)C1(CNc2cccc(C#N)c2N)CCC1. The fourth-order valence-electron chi connectivity index (χ4n) is 2.44. The van der Waals surface area contributed by atoms with Crippen LogP contribution < -0.4 is 11.1 Å². The third kappa shape index (κ3) is 2.14. The molecule has 0 heterocycles. The Kier molecular flexibility index (Phi) is 3.44. The fourth-order valence-corrected chi connectivity index (χ4v) is 2.44. The average Bonchev–Trinajstić information content (AvgIpc) is 2.29. The number of anilines is 2. The average molecular weight is 244 g/mol. The molecule has 1 aromatic carbocycles. The van der Waals surface area contributed by atoms with Crippen LogP contribution in [0.25, 0.3) is 0 Å². The third-order valence-corrected chi connectivity index (χ3v) is 4.07. The van der Waals surface area contributed by atoms with Crippen LogP contribution in [0.1, 0.15) is 24.8 Å². The summed E-state index contributed by atoms with van der Waals surface area (Å²) >= 11 is 0. The first kappa shape index (κ1) is 12.7. The van der Waals surface area contributed by atoms with E-state index in [1.54, 1.807) is 6.07 Å². The van der Waals surface area contributed by atoms with Crippen molar-refractivity contribution < 1.29 is 0 Å². The van der Waals surface area contributed by atoms with Gasteiger partial charge in [-0.05, 0) is 45.5 Å². The zero-order valence-corrected chi connectivity index (χ0v) is 11.0. The Hall–Kier alpha value is -1.73. The van der Waals surface area contributed by atoms with E-state index >= 15 is 0 Å². The van der Waals surface area contributed by atoms with Crippen molar-refractivity contribution in [1.29, 1.82) is 5.26 Å². The number of hydrogen-bond acceptors (Lipinski definition) is 4. The molecular weight excluding hydrogens is 224 g/mol. The number of nitrogens with zero attached hydrogens (tertiary/aromatic N) is 2. The van der Waals surface area contributed by atoms with Crippen molar-refractivity contribution in [3.8, 4) is 6.07 Å². The third-order valence-electron chi connectivity index (χ3n) is 4.07. The molecule has 18 heavy (non-hydrogen) atoms. The first-order valence-corrected chi connectivity index (χ1v) is 6.29. The summed E-state index contributed by atoms with van der Waals surface area (Å²) in [6.45, 7) is 0.874. The van der Waals surface area contributed by atoms with Crippen LogP contribution in [0.5, 0.6) is 0 Å². The number of likely N-dealkylation sites (N-methyl/N-ethyl adjacent to an activating group) is 1. The highest BCUT2D eigenvalue weighted by atomic mass is 15.2. The predicted octanol–water partition coefficient (Wildman–Crippen LogP) is 2.04. The van der Waals surface area contributed by atoms with Gasteiger partial charge in [0.05, 0.1) is 16.9 Å². The minimum Gasteiger partial charge on any atom is -0.396 e. The molecule has 0 aromatic heterocycles. The van der Waals surface area contributed by atoms with Gasteiger partial charge in [-0.3, -0.25) is 0 Å². The molecule has 4 heteroatoms. The van der Waals surface area contributed by atoms with Crippen molar-refractivity contribution >= 4 is 11.4 Å². The van der Waals surface area contributed by atoms with Gasteiger partial charge in [0.2, 0.25) is 0 Å². The number of benzene rings is 1. The second-order valence-electron chi connectivity index (χ2n) is 5.20. The Labute approximate surface area is 108 Å². The summed E-state index contributed by atoms with van der Waals surface area (Å²) in [7, 11) is 4.24. The summed E-state index contributed by atoms with van der Waals surface area (Å²) in [5, 5.41) is 12.3. The Morgan fingerprint density at radius 3 is 2.67 bits per heavy atom. The normalized spacial score (nSPS) is 17.0. The molecule has 0 spiro atoms. The predicted molar refractivity (Wildman–Crippen MR) is 74.3 cm³/mol. The van der Waals surface area contributed by atoms with Gasteiger partial charge < -0.3 is 16.0 Å². The van der Waals surface area contributed by atoms with E-state index in [2.05, 4.69) is 30.4 Å².